The van der Waals surface area contributed by atoms with Crippen LogP contribution in [0.4, 0.5) is 11.5 Å². The van der Waals surface area contributed by atoms with E-state index >= 15 is 0 Å². The first kappa shape index (κ1) is 19.6. The number of imide groups is 2. The largest absolute Gasteiger partial charge is 0.384 e. The van der Waals surface area contributed by atoms with Crippen molar-refractivity contribution in [1.29, 1.82) is 0 Å². The zero-order valence-electron chi connectivity index (χ0n) is 17.4. The highest BCUT2D eigenvalue weighted by atomic mass is 16.2. The van der Waals surface area contributed by atoms with Crippen LogP contribution in [0.1, 0.15) is 41.4 Å². The van der Waals surface area contributed by atoms with E-state index in [1.54, 1.807) is 48.5 Å². The monoisotopic (exact) mass is 450 g/mol. The number of benzene rings is 3. The molecule has 2 aliphatic rings. The maximum Gasteiger partial charge on any atom is 0.265 e. The van der Waals surface area contributed by atoms with Crippen molar-refractivity contribution in [3.8, 4) is 5.69 Å². The Bertz CT molecular complexity index is 1670. The fourth-order valence-corrected chi connectivity index (χ4v) is 4.62. The minimum absolute atomic E-state index is 0.0876. The van der Waals surface area contributed by atoms with Crippen molar-refractivity contribution in [3.05, 3.63) is 99.3 Å². The summed E-state index contributed by atoms with van der Waals surface area (Å²) in [6, 6.07) is 17.6. The number of nitrogen functional groups attached to an aromatic ring is 1. The summed E-state index contributed by atoms with van der Waals surface area (Å²) in [7, 11) is 0. The number of hydrogen-bond acceptors (Lipinski definition) is 6. The second kappa shape index (κ2) is 6.72. The summed E-state index contributed by atoms with van der Waals surface area (Å²) in [5, 5.41) is 2.95. The zero-order valence-corrected chi connectivity index (χ0v) is 17.4. The molecule has 0 radical (unpaired) electrons. The Labute approximate surface area is 191 Å². The summed E-state index contributed by atoms with van der Waals surface area (Å²) in [5.41, 5.74) is 6.70. The normalized spacial score (nSPS) is 14.5. The van der Waals surface area contributed by atoms with Gasteiger partial charge in [-0.15, -0.1) is 0 Å². The Morgan fingerprint density at radius 2 is 1.41 bits per heavy atom. The SMILES string of the molecule is Nc1c2c(cc(=O)n1-c1ccc3c4c(cccc14)C(=O)N(c1ccccc1)C3=O)C(=O)NC2=O. The van der Waals surface area contributed by atoms with Gasteiger partial charge in [-0.2, -0.15) is 0 Å². The van der Waals surface area contributed by atoms with Gasteiger partial charge in [0, 0.05) is 28.0 Å². The molecule has 3 N–H and O–H groups in total. The van der Waals surface area contributed by atoms with Crippen molar-refractivity contribution >= 4 is 45.9 Å². The first-order chi connectivity index (χ1) is 16.4. The Morgan fingerprint density at radius 3 is 2.15 bits per heavy atom. The number of nitrogens with two attached hydrogens (primary N) is 1. The van der Waals surface area contributed by atoms with Gasteiger partial charge in [0.2, 0.25) is 0 Å². The van der Waals surface area contributed by atoms with Gasteiger partial charge >= 0.3 is 0 Å². The molecule has 0 bridgehead atoms. The van der Waals surface area contributed by atoms with Crippen LogP contribution in [0.15, 0.2) is 71.5 Å². The summed E-state index contributed by atoms with van der Waals surface area (Å²) < 4.78 is 1.11. The highest BCUT2D eigenvalue weighted by Crippen LogP contribution is 2.36. The highest BCUT2D eigenvalue weighted by molar-refractivity contribution is 6.36. The van der Waals surface area contributed by atoms with E-state index in [9.17, 15) is 24.0 Å². The van der Waals surface area contributed by atoms with Crippen molar-refractivity contribution in [2.75, 3.05) is 10.6 Å². The molecule has 0 atom stereocenters. The third kappa shape index (κ3) is 2.46. The number of nitrogens with one attached hydrogen (secondary N) is 1. The fraction of sp³-hybridized carbons (Fsp3) is 0. The molecule has 3 aromatic carbocycles. The van der Waals surface area contributed by atoms with Gasteiger partial charge in [-0.05, 0) is 30.3 Å². The maximum atomic E-state index is 13.3. The Kier molecular flexibility index (Phi) is 3.88. The standard InChI is InChI=1S/C25H14N4O5/c26-21-20-16(22(31)27-23(20)32)11-18(30)29(21)17-10-9-15-19-13(17)7-4-8-14(19)24(33)28(25(15)34)12-5-2-1-3-6-12/h1-11H,26H2,(H,27,31,32). The minimum atomic E-state index is -0.696. The van der Waals surface area contributed by atoms with Crippen molar-refractivity contribution in [3.63, 3.8) is 0 Å². The third-order valence-electron chi connectivity index (χ3n) is 6.09. The first-order valence-electron chi connectivity index (χ1n) is 10.3. The van der Waals surface area contributed by atoms with Gasteiger partial charge in [-0.1, -0.05) is 30.3 Å². The summed E-state index contributed by atoms with van der Waals surface area (Å²) in [4.78, 5) is 65.0. The second-order valence-electron chi connectivity index (χ2n) is 7.92. The lowest BCUT2D eigenvalue weighted by molar-refractivity contribution is 0.0869. The Balaban J connectivity index is 1.63. The number of fused-ring (bicyclic) bond motifs is 1. The molecule has 3 heterocycles. The van der Waals surface area contributed by atoms with Gasteiger partial charge in [0.05, 0.1) is 22.5 Å². The first-order valence-corrected chi connectivity index (χ1v) is 10.3. The number of aromatic nitrogens is 1. The van der Waals surface area contributed by atoms with Crippen LogP contribution in [0.5, 0.6) is 0 Å². The van der Waals surface area contributed by atoms with E-state index in [0.29, 0.717) is 27.6 Å². The third-order valence-corrected chi connectivity index (χ3v) is 6.09. The molecule has 2 aliphatic heterocycles. The highest BCUT2D eigenvalue weighted by Gasteiger charge is 2.36. The summed E-state index contributed by atoms with van der Waals surface area (Å²) in [6.07, 6.45) is 0. The number of rotatable bonds is 2. The van der Waals surface area contributed by atoms with Crippen LogP contribution in [0.3, 0.4) is 0 Å². The topological polar surface area (TPSA) is 132 Å². The summed E-state index contributed by atoms with van der Waals surface area (Å²) >= 11 is 0. The van der Waals surface area contributed by atoms with Crippen LogP contribution >= 0.6 is 0 Å². The van der Waals surface area contributed by atoms with E-state index in [0.717, 1.165) is 15.5 Å². The Hall–Kier alpha value is -5.05. The van der Waals surface area contributed by atoms with E-state index < -0.39 is 29.2 Å². The van der Waals surface area contributed by atoms with Gasteiger partial charge in [0.15, 0.2) is 0 Å². The predicted octanol–water partition coefficient (Wildman–Crippen LogP) is 2.26. The van der Waals surface area contributed by atoms with Crippen molar-refractivity contribution in [1.82, 2.24) is 9.88 Å². The van der Waals surface area contributed by atoms with Crippen LogP contribution in [-0.2, 0) is 0 Å². The lowest BCUT2D eigenvalue weighted by Crippen LogP contribution is -2.40. The average molecular weight is 450 g/mol. The molecule has 9 heteroatoms. The molecule has 0 aliphatic carbocycles. The zero-order chi connectivity index (χ0) is 23.7. The Morgan fingerprint density at radius 1 is 0.706 bits per heavy atom. The number of anilines is 2. The van der Waals surface area contributed by atoms with Crippen molar-refractivity contribution in [2.24, 2.45) is 0 Å². The number of carbonyl (C=O) groups is 4. The molecule has 34 heavy (non-hydrogen) atoms. The number of carbonyl (C=O) groups excluding carboxylic acids is 4. The molecule has 9 nitrogen and oxygen atoms in total. The van der Waals surface area contributed by atoms with E-state index in [4.69, 9.17) is 5.73 Å². The number of pyridine rings is 1. The minimum Gasteiger partial charge on any atom is -0.384 e. The summed E-state index contributed by atoms with van der Waals surface area (Å²) in [6.45, 7) is 0. The van der Waals surface area contributed by atoms with Gasteiger partial charge in [-0.3, -0.25) is 33.9 Å². The number of nitrogens with zero attached hydrogens (tertiary/aromatic N) is 2. The molecule has 0 spiro atoms. The molecule has 0 saturated heterocycles. The maximum absolute atomic E-state index is 13.3. The van der Waals surface area contributed by atoms with Crippen molar-refractivity contribution in [2.45, 2.75) is 0 Å². The molecule has 164 valence electrons. The average Bonchev–Trinajstić information content (AvgIpc) is 3.11. The molecule has 6 rings (SSSR count). The lowest BCUT2D eigenvalue weighted by Gasteiger charge is -2.28. The van der Waals surface area contributed by atoms with Crippen LogP contribution in [0, 0.1) is 0 Å². The second-order valence-corrected chi connectivity index (χ2v) is 7.92. The molecular weight excluding hydrogens is 436 g/mol. The number of amides is 4. The molecular formula is C25H14N4O5. The molecule has 1 aromatic heterocycles. The number of para-hydroxylation sites is 1. The quantitative estimate of drug-likeness (QED) is 0.451. The van der Waals surface area contributed by atoms with E-state index in [1.807, 2.05) is 0 Å². The van der Waals surface area contributed by atoms with Gasteiger partial charge in [0.25, 0.3) is 29.2 Å². The van der Waals surface area contributed by atoms with Crippen LogP contribution in [0.2, 0.25) is 0 Å². The molecule has 4 amide bonds. The fourth-order valence-electron chi connectivity index (χ4n) is 4.62. The van der Waals surface area contributed by atoms with Crippen LogP contribution in [0.25, 0.3) is 16.5 Å². The smallest absolute Gasteiger partial charge is 0.265 e. The molecule has 4 aromatic rings. The molecule has 0 fully saturated rings. The van der Waals surface area contributed by atoms with Gasteiger partial charge in [-0.25, -0.2) is 4.90 Å². The molecule has 0 unspecified atom stereocenters. The predicted molar refractivity (Wildman–Crippen MR) is 123 cm³/mol. The number of hydrogen-bond donors (Lipinski definition) is 2. The van der Waals surface area contributed by atoms with E-state index in [-0.39, 0.29) is 22.6 Å². The van der Waals surface area contributed by atoms with Crippen molar-refractivity contribution < 1.29 is 19.2 Å². The summed E-state index contributed by atoms with van der Waals surface area (Å²) in [5.74, 6) is -2.58. The lowest BCUT2D eigenvalue weighted by atomic mass is 9.92. The van der Waals surface area contributed by atoms with E-state index in [2.05, 4.69) is 5.32 Å². The van der Waals surface area contributed by atoms with Gasteiger partial charge < -0.3 is 5.73 Å². The van der Waals surface area contributed by atoms with Crippen LogP contribution < -0.4 is 21.5 Å². The van der Waals surface area contributed by atoms with E-state index in [1.165, 1.54) is 12.1 Å². The van der Waals surface area contributed by atoms with Crippen LogP contribution in [-0.4, -0.2) is 28.2 Å². The molecule has 0 saturated carbocycles. The van der Waals surface area contributed by atoms with Gasteiger partial charge in [0.1, 0.15) is 5.82 Å².